The van der Waals surface area contributed by atoms with Gasteiger partial charge < -0.3 is 10.0 Å². The maximum atomic E-state index is 9.99. The fourth-order valence-electron chi connectivity index (χ4n) is 2.81. The number of hydrogen-bond donors (Lipinski definition) is 1. The second-order valence-corrected chi connectivity index (χ2v) is 5.33. The Bertz CT molecular complexity index is 561. The molecule has 1 unspecified atom stereocenters. The second kappa shape index (κ2) is 4.28. The van der Waals surface area contributed by atoms with Gasteiger partial charge in [0.05, 0.1) is 11.7 Å². The van der Waals surface area contributed by atoms with Crippen molar-refractivity contribution in [2.75, 3.05) is 13.1 Å². The fraction of sp³-hybridized carbons (Fsp3) is 0.500. The average molecular weight is 245 g/mol. The normalized spacial score (nSPS) is 21.2. The number of fused-ring (bicyclic) bond motifs is 1. The molecule has 96 valence electrons. The van der Waals surface area contributed by atoms with E-state index >= 15 is 0 Å². The Morgan fingerprint density at radius 2 is 2.22 bits per heavy atom. The van der Waals surface area contributed by atoms with Crippen molar-refractivity contribution >= 4 is 5.52 Å². The van der Waals surface area contributed by atoms with Crippen molar-refractivity contribution in [3.05, 3.63) is 30.2 Å². The molecule has 2 aromatic rings. The standard InChI is InChI=1S/C14H19N3O/c1-10(2)16-7-6-11(9-16)14-15-8-12-4-3-5-13(18)17(12)14/h3-5,8,10-11,18H,6-7,9H2,1-2H3. The highest BCUT2D eigenvalue weighted by atomic mass is 16.3. The van der Waals surface area contributed by atoms with Crippen molar-refractivity contribution in [3.8, 4) is 5.88 Å². The fourth-order valence-corrected chi connectivity index (χ4v) is 2.81. The summed E-state index contributed by atoms with van der Waals surface area (Å²) < 4.78 is 1.87. The predicted octanol–water partition coefficient (Wildman–Crippen LogP) is 2.24. The Balaban J connectivity index is 1.96. The highest BCUT2D eigenvalue weighted by molar-refractivity contribution is 5.49. The van der Waals surface area contributed by atoms with E-state index in [9.17, 15) is 5.11 Å². The van der Waals surface area contributed by atoms with Crippen molar-refractivity contribution in [2.45, 2.75) is 32.2 Å². The molecule has 3 heterocycles. The van der Waals surface area contributed by atoms with E-state index < -0.39 is 0 Å². The zero-order valence-electron chi connectivity index (χ0n) is 10.9. The topological polar surface area (TPSA) is 40.8 Å². The van der Waals surface area contributed by atoms with E-state index in [0.29, 0.717) is 12.0 Å². The highest BCUT2D eigenvalue weighted by Crippen LogP contribution is 2.29. The van der Waals surface area contributed by atoms with E-state index in [1.807, 2.05) is 22.7 Å². The molecule has 1 fully saturated rings. The molecule has 18 heavy (non-hydrogen) atoms. The highest BCUT2D eigenvalue weighted by Gasteiger charge is 2.28. The number of aromatic hydroxyl groups is 1. The van der Waals surface area contributed by atoms with Crippen molar-refractivity contribution in [2.24, 2.45) is 0 Å². The number of rotatable bonds is 2. The number of hydrogen-bond acceptors (Lipinski definition) is 3. The van der Waals surface area contributed by atoms with Crippen LogP contribution in [0.1, 0.15) is 32.0 Å². The lowest BCUT2D eigenvalue weighted by molar-refractivity contribution is 0.271. The van der Waals surface area contributed by atoms with Crippen molar-refractivity contribution in [1.82, 2.24) is 14.3 Å². The molecule has 0 spiro atoms. The maximum absolute atomic E-state index is 9.99. The molecule has 4 nitrogen and oxygen atoms in total. The van der Waals surface area contributed by atoms with Crippen LogP contribution in [-0.4, -0.2) is 38.5 Å². The number of pyridine rings is 1. The summed E-state index contributed by atoms with van der Waals surface area (Å²) in [4.78, 5) is 6.97. The summed E-state index contributed by atoms with van der Waals surface area (Å²) in [6.45, 7) is 6.60. The molecule has 0 aliphatic carbocycles. The minimum Gasteiger partial charge on any atom is -0.494 e. The molecule has 0 saturated carbocycles. The van der Waals surface area contributed by atoms with E-state index in [0.717, 1.165) is 30.9 Å². The molecule has 1 N–H and O–H groups in total. The molecule has 1 aliphatic heterocycles. The summed E-state index contributed by atoms with van der Waals surface area (Å²) in [5, 5.41) is 9.99. The van der Waals surface area contributed by atoms with E-state index in [4.69, 9.17) is 0 Å². The third kappa shape index (κ3) is 1.77. The first kappa shape index (κ1) is 11.5. The lowest BCUT2D eigenvalue weighted by atomic mass is 10.1. The first-order valence-corrected chi connectivity index (χ1v) is 6.56. The van der Waals surface area contributed by atoms with Crippen LogP contribution in [-0.2, 0) is 0 Å². The van der Waals surface area contributed by atoms with Gasteiger partial charge in [-0.2, -0.15) is 0 Å². The molecule has 3 rings (SSSR count). The van der Waals surface area contributed by atoms with Crippen LogP contribution in [0, 0.1) is 0 Å². The van der Waals surface area contributed by atoms with E-state index in [2.05, 4.69) is 23.7 Å². The van der Waals surface area contributed by atoms with Gasteiger partial charge in [-0.1, -0.05) is 6.07 Å². The van der Waals surface area contributed by atoms with Crippen LogP contribution in [0.2, 0.25) is 0 Å². The van der Waals surface area contributed by atoms with Crippen molar-refractivity contribution < 1.29 is 5.11 Å². The number of nitrogens with zero attached hydrogens (tertiary/aromatic N) is 3. The third-order valence-corrected chi connectivity index (χ3v) is 3.87. The molecule has 1 atom stereocenters. The number of aromatic nitrogens is 2. The molecule has 0 aromatic carbocycles. The lowest BCUT2D eigenvalue weighted by Gasteiger charge is -2.20. The van der Waals surface area contributed by atoms with Crippen LogP contribution in [0.5, 0.6) is 5.88 Å². The largest absolute Gasteiger partial charge is 0.494 e. The summed E-state index contributed by atoms with van der Waals surface area (Å²) >= 11 is 0. The van der Waals surface area contributed by atoms with Crippen LogP contribution >= 0.6 is 0 Å². The summed E-state index contributed by atoms with van der Waals surface area (Å²) in [6.07, 6.45) is 2.96. The first-order valence-electron chi connectivity index (χ1n) is 6.56. The third-order valence-electron chi connectivity index (χ3n) is 3.87. The summed E-state index contributed by atoms with van der Waals surface area (Å²) in [5.41, 5.74) is 0.966. The van der Waals surface area contributed by atoms with Gasteiger partial charge in [-0.3, -0.25) is 4.40 Å². The molecule has 0 bridgehead atoms. The lowest BCUT2D eigenvalue weighted by Crippen LogP contribution is -2.28. The van der Waals surface area contributed by atoms with Gasteiger partial charge in [-0.15, -0.1) is 0 Å². The summed E-state index contributed by atoms with van der Waals surface area (Å²) in [7, 11) is 0. The van der Waals surface area contributed by atoms with E-state index in [1.54, 1.807) is 6.07 Å². The van der Waals surface area contributed by atoms with E-state index in [-0.39, 0.29) is 5.88 Å². The molecular formula is C14H19N3O. The smallest absolute Gasteiger partial charge is 0.197 e. The summed E-state index contributed by atoms with van der Waals surface area (Å²) in [5.74, 6) is 1.69. The molecule has 2 aromatic heterocycles. The average Bonchev–Trinajstić information content (AvgIpc) is 2.94. The van der Waals surface area contributed by atoms with E-state index in [1.165, 1.54) is 0 Å². The Hall–Kier alpha value is -1.55. The predicted molar refractivity (Wildman–Crippen MR) is 70.9 cm³/mol. The van der Waals surface area contributed by atoms with Crippen LogP contribution in [0.25, 0.3) is 5.52 Å². The Morgan fingerprint density at radius 3 is 2.94 bits per heavy atom. The second-order valence-electron chi connectivity index (χ2n) is 5.33. The molecule has 4 heteroatoms. The molecule has 0 amide bonds. The van der Waals surface area contributed by atoms with Gasteiger partial charge >= 0.3 is 0 Å². The van der Waals surface area contributed by atoms with Gasteiger partial charge in [0.1, 0.15) is 5.82 Å². The van der Waals surface area contributed by atoms with Crippen molar-refractivity contribution in [1.29, 1.82) is 0 Å². The quantitative estimate of drug-likeness (QED) is 0.882. The first-order chi connectivity index (χ1) is 8.66. The van der Waals surface area contributed by atoms with Gasteiger partial charge in [0.2, 0.25) is 0 Å². The van der Waals surface area contributed by atoms with Crippen LogP contribution in [0.3, 0.4) is 0 Å². The van der Waals surface area contributed by atoms with Gasteiger partial charge in [0, 0.05) is 18.5 Å². The minimum absolute atomic E-state index is 0.281. The molecule has 1 aliphatic rings. The minimum atomic E-state index is 0.281. The zero-order chi connectivity index (χ0) is 12.7. The maximum Gasteiger partial charge on any atom is 0.197 e. The Labute approximate surface area is 107 Å². The molecular weight excluding hydrogens is 226 g/mol. The van der Waals surface area contributed by atoms with Gasteiger partial charge in [0.25, 0.3) is 0 Å². The Kier molecular flexibility index (Phi) is 2.74. The molecule has 1 saturated heterocycles. The zero-order valence-corrected chi connectivity index (χ0v) is 10.9. The number of imidazole rings is 1. The van der Waals surface area contributed by atoms with Gasteiger partial charge in [0.15, 0.2) is 5.88 Å². The molecule has 0 radical (unpaired) electrons. The van der Waals surface area contributed by atoms with Crippen LogP contribution in [0.15, 0.2) is 24.4 Å². The van der Waals surface area contributed by atoms with Crippen LogP contribution < -0.4 is 0 Å². The van der Waals surface area contributed by atoms with Gasteiger partial charge in [-0.05, 0) is 38.9 Å². The SMILES string of the molecule is CC(C)N1CCC(c2ncc3cccc(O)n23)C1. The van der Waals surface area contributed by atoms with Crippen LogP contribution in [0.4, 0.5) is 0 Å². The monoisotopic (exact) mass is 245 g/mol. The van der Waals surface area contributed by atoms with Gasteiger partial charge in [-0.25, -0.2) is 4.98 Å². The Morgan fingerprint density at radius 1 is 1.39 bits per heavy atom. The summed E-state index contributed by atoms with van der Waals surface area (Å²) in [6, 6.07) is 6.12. The van der Waals surface area contributed by atoms with Crippen molar-refractivity contribution in [3.63, 3.8) is 0 Å². The number of likely N-dealkylation sites (tertiary alicyclic amines) is 1.